The molecule has 1 atom stereocenters. The Bertz CT molecular complexity index is 1740. The lowest BCUT2D eigenvalue weighted by Crippen LogP contribution is -2.30. The number of para-hydroxylation sites is 2. The first-order valence-electron chi connectivity index (χ1n) is 13.7. The predicted octanol–water partition coefficient (Wildman–Crippen LogP) is 7.17. The number of thioether (sulfide) groups is 1. The van der Waals surface area contributed by atoms with E-state index < -0.39 is 17.1 Å². The van der Waals surface area contributed by atoms with Gasteiger partial charge >= 0.3 is 0 Å². The van der Waals surface area contributed by atoms with Crippen LogP contribution in [0.25, 0.3) is 6.08 Å². The number of carbonyl (C=O) groups excluding carboxylic acids is 3. The van der Waals surface area contributed by atoms with Crippen LogP contribution in [0.15, 0.2) is 143 Å². The van der Waals surface area contributed by atoms with Crippen LogP contribution in [0.2, 0.25) is 0 Å². The van der Waals surface area contributed by atoms with Crippen LogP contribution in [-0.4, -0.2) is 24.8 Å². The summed E-state index contributed by atoms with van der Waals surface area (Å²) >= 11 is 1.38. The zero-order valence-corrected chi connectivity index (χ0v) is 24.5. The number of ether oxygens (including phenoxy) is 1. The van der Waals surface area contributed by atoms with E-state index in [1.165, 1.54) is 24.1 Å². The monoisotopic (exact) mass is 603 g/mol. The van der Waals surface area contributed by atoms with Crippen molar-refractivity contribution in [1.29, 1.82) is 0 Å². The number of methoxy groups -OCH3 is 1. The number of carbonyl (C=O) groups is 3. The van der Waals surface area contributed by atoms with E-state index in [1.54, 1.807) is 73.8 Å². The molecule has 4 aromatic carbocycles. The van der Waals surface area contributed by atoms with Gasteiger partial charge in [0.25, 0.3) is 11.8 Å². The van der Waals surface area contributed by atoms with Crippen molar-refractivity contribution in [3.8, 4) is 5.75 Å². The summed E-state index contributed by atoms with van der Waals surface area (Å²) in [5.74, 6) is -0.176. The summed E-state index contributed by atoms with van der Waals surface area (Å²) in [5.41, 5.74) is 2.36. The van der Waals surface area contributed by atoms with Gasteiger partial charge in [0.15, 0.2) is 0 Å². The molecule has 5 aromatic rings. The zero-order chi connectivity index (χ0) is 30.7. The van der Waals surface area contributed by atoms with E-state index in [2.05, 4.69) is 16.0 Å². The molecule has 0 aliphatic rings. The highest BCUT2D eigenvalue weighted by atomic mass is 32.2. The van der Waals surface area contributed by atoms with Crippen LogP contribution in [0.1, 0.15) is 26.9 Å². The highest BCUT2D eigenvalue weighted by Crippen LogP contribution is 2.37. The van der Waals surface area contributed by atoms with Gasteiger partial charge in [-0.05, 0) is 66.2 Å². The normalized spacial score (nSPS) is 11.7. The number of hydrogen-bond acceptors (Lipinski definition) is 6. The van der Waals surface area contributed by atoms with Gasteiger partial charge in [0, 0.05) is 22.2 Å². The van der Waals surface area contributed by atoms with E-state index in [0.29, 0.717) is 28.4 Å². The van der Waals surface area contributed by atoms with E-state index in [4.69, 9.17) is 9.15 Å². The van der Waals surface area contributed by atoms with Gasteiger partial charge in [0.1, 0.15) is 22.5 Å². The Morgan fingerprint density at radius 1 is 0.773 bits per heavy atom. The van der Waals surface area contributed by atoms with Crippen molar-refractivity contribution in [2.24, 2.45) is 0 Å². The number of anilines is 2. The topological polar surface area (TPSA) is 110 Å². The third kappa shape index (κ3) is 7.84. The summed E-state index contributed by atoms with van der Waals surface area (Å²) in [4.78, 5) is 40.4. The third-order valence-corrected chi connectivity index (χ3v) is 7.70. The minimum absolute atomic E-state index is 0.0180. The molecule has 0 saturated heterocycles. The number of furan rings is 1. The molecule has 5 rings (SSSR count). The quantitative estimate of drug-likeness (QED) is 0.109. The van der Waals surface area contributed by atoms with Gasteiger partial charge in [0.2, 0.25) is 5.91 Å². The molecule has 0 aliphatic heterocycles. The van der Waals surface area contributed by atoms with Gasteiger partial charge in [-0.25, -0.2) is 0 Å². The highest BCUT2D eigenvalue weighted by molar-refractivity contribution is 8.00. The molecule has 0 aliphatic carbocycles. The van der Waals surface area contributed by atoms with Gasteiger partial charge in [0.05, 0.1) is 19.1 Å². The smallest absolute Gasteiger partial charge is 0.272 e. The lowest BCUT2D eigenvalue weighted by atomic mass is 10.1. The number of rotatable bonds is 11. The molecule has 0 fully saturated rings. The fourth-order valence-corrected chi connectivity index (χ4v) is 5.28. The standard InChI is InChI=1S/C35H29N3O5S/c1-42-31-17-9-8-16-29(31)37-35(41)32(24-11-4-2-5-12-24)44-28-20-18-26(19-21-28)36-34(40)30(23-27-15-10-22-43-27)38-33(39)25-13-6-3-7-14-25/h2-23,32H,1H3,(H,36,40)(H,37,41)(H,38,39)/b30-23-. The van der Waals surface area contributed by atoms with E-state index in [-0.39, 0.29) is 11.6 Å². The van der Waals surface area contributed by atoms with Crippen molar-refractivity contribution in [1.82, 2.24) is 5.32 Å². The molecule has 1 heterocycles. The Balaban J connectivity index is 1.31. The van der Waals surface area contributed by atoms with Crippen LogP contribution in [0, 0.1) is 0 Å². The Hall–Kier alpha value is -5.54. The van der Waals surface area contributed by atoms with Crippen LogP contribution in [-0.2, 0) is 9.59 Å². The number of amides is 3. The Morgan fingerprint density at radius 3 is 2.14 bits per heavy atom. The van der Waals surface area contributed by atoms with E-state index in [1.807, 2.05) is 54.6 Å². The molecule has 220 valence electrons. The second kappa shape index (κ2) is 14.6. The summed E-state index contributed by atoms with van der Waals surface area (Å²) in [7, 11) is 1.56. The van der Waals surface area contributed by atoms with Gasteiger partial charge < -0.3 is 25.1 Å². The first-order valence-corrected chi connectivity index (χ1v) is 14.6. The Labute approximate surface area is 259 Å². The van der Waals surface area contributed by atoms with Crippen LogP contribution in [0.4, 0.5) is 11.4 Å². The first-order chi connectivity index (χ1) is 21.5. The number of hydrogen-bond donors (Lipinski definition) is 3. The first kappa shape index (κ1) is 29.9. The van der Waals surface area contributed by atoms with Gasteiger partial charge in [-0.2, -0.15) is 0 Å². The highest BCUT2D eigenvalue weighted by Gasteiger charge is 2.23. The molecule has 1 unspecified atom stereocenters. The summed E-state index contributed by atoms with van der Waals surface area (Å²) in [6.07, 6.45) is 2.95. The van der Waals surface area contributed by atoms with Crippen molar-refractivity contribution in [2.75, 3.05) is 17.7 Å². The molecular weight excluding hydrogens is 574 g/mol. The lowest BCUT2D eigenvalue weighted by molar-refractivity contribution is -0.116. The van der Waals surface area contributed by atoms with Crippen LogP contribution in [0.3, 0.4) is 0 Å². The van der Waals surface area contributed by atoms with Gasteiger partial charge in [-0.3, -0.25) is 14.4 Å². The maximum Gasteiger partial charge on any atom is 0.272 e. The third-order valence-electron chi connectivity index (χ3n) is 6.43. The van der Waals surface area contributed by atoms with E-state index >= 15 is 0 Å². The summed E-state index contributed by atoms with van der Waals surface area (Å²) in [6.45, 7) is 0. The number of benzene rings is 4. The fourth-order valence-electron chi connectivity index (χ4n) is 4.26. The maximum absolute atomic E-state index is 13.5. The number of nitrogens with one attached hydrogen (secondary N) is 3. The second-order valence-corrected chi connectivity index (χ2v) is 10.6. The SMILES string of the molecule is COc1ccccc1NC(=O)C(Sc1ccc(NC(=O)/C(=C/c2ccco2)NC(=O)c2ccccc2)cc1)c1ccccc1. The van der Waals surface area contributed by atoms with Gasteiger partial charge in [-0.15, -0.1) is 11.8 Å². The molecule has 0 radical (unpaired) electrons. The molecule has 1 aromatic heterocycles. The predicted molar refractivity (Wildman–Crippen MR) is 172 cm³/mol. The Kier molecular flexibility index (Phi) is 9.91. The van der Waals surface area contributed by atoms with Crippen molar-refractivity contribution < 1.29 is 23.5 Å². The van der Waals surface area contributed by atoms with Crippen molar-refractivity contribution in [3.63, 3.8) is 0 Å². The van der Waals surface area contributed by atoms with Crippen LogP contribution in [0.5, 0.6) is 5.75 Å². The summed E-state index contributed by atoms with van der Waals surface area (Å²) in [5, 5.41) is 7.93. The second-order valence-electron chi connectivity index (χ2n) is 9.47. The zero-order valence-electron chi connectivity index (χ0n) is 23.7. The fraction of sp³-hybridized carbons (Fsp3) is 0.0571. The Morgan fingerprint density at radius 2 is 1.45 bits per heavy atom. The van der Waals surface area contributed by atoms with Crippen LogP contribution < -0.4 is 20.7 Å². The molecule has 8 nitrogen and oxygen atoms in total. The molecule has 3 N–H and O–H groups in total. The van der Waals surface area contributed by atoms with E-state index in [9.17, 15) is 14.4 Å². The average molecular weight is 604 g/mol. The minimum Gasteiger partial charge on any atom is -0.495 e. The summed E-state index contributed by atoms with van der Waals surface area (Å²) in [6, 6.07) is 35.9. The maximum atomic E-state index is 13.5. The van der Waals surface area contributed by atoms with Crippen molar-refractivity contribution in [2.45, 2.75) is 10.1 Å². The molecule has 0 bridgehead atoms. The summed E-state index contributed by atoms with van der Waals surface area (Å²) < 4.78 is 10.8. The van der Waals surface area contributed by atoms with Crippen molar-refractivity contribution >= 4 is 46.9 Å². The van der Waals surface area contributed by atoms with E-state index in [0.717, 1.165) is 10.5 Å². The molecule has 0 saturated carbocycles. The van der Waals surface area contributed by atoms with Crippen molar-refractivity contribution in [3.05, 3.63) is 150 Å². The largest absolute Gasteiger partial charge is 0.495 e. The van der Waals surface area contributed by atoms with Crippen LogP contribution >= 0.6 is 11.8 Å². The lowest BCUT2D eigenvalue weighted by Gasteiger charge is -2.18. The molecule has 44 heavy (non-hydrogen) atoms. The van der Waals surface area contributed by atoms with Gasteiger partial charge in [-0.1, -0.05) is 60.7 Å². The molecular formula is C35H29N3O5S. The molecule has 0 spiro atoms. The average Bonchev–Trinajstić information content (AvgIpc) is 3.58. The minimum atomic E-state index is -0.558. The molecule has 9 heteroatoms. The molecule has 3 amide bonds.